The number of nitrogens with zero attached hydrogens (tertiary/aromatic N) is 2. The van der Waals surface area contributed by atoms with Crippen LogP contribution in [0.3, 0.4) is 0 Å². The number of aromatic carboxylic acids is 1. The van der Waals surface area contributed by atoms with Crippen LogP contribution in [0.4, 0.5) is 0 Å². The maximum Gasteiger partial charge on any atom is 0.335 e. The molecule has 1 fully saturated rings. The van der Waals surface area contributed by atoms with Crippen LogP contribution in [-0.4, -0.2) is 34.0 Å². The highest BCUT2D eigenvalue weighted by Crippen LogP contribution is 2.28. The summed E-state index contributed by atoms with van der Waals surface area (Å²) in [5.74, 6) is -0.441. The lowest BCUT2D eigenvalue weighted by Crippen LogP contribution is -2.34. The molecule has 0 bridgehead atoms. The summed E-state index contributed by atoms with van der Waals surface area (Å²) in [6.07, 6.45) is 2.27. The molecule has 1 aromatic carbocycles. The molecule has 1 saturated heterocycles. The molecule has 1 aliphatic rings. The van der Waals surface area contributed by atoms with Crippen molar-refractivity contribution in [2.75, 3.05) is 13.1 Å². The van der Waals surface area contributed by atoms with E-state index in [0.717, 1.165) is 43.7 Å². The van der Waals surface area contributed by atoms with E-state index in [1.165, 1.54) is 0 Å². The minimum absolute atomic E-state index is 0.379. The van der Waals surface area contributed by atoms with E-state index < -0.39 is 5.97 Å². The highest BCUT2D eigenvalue weighted by Gasteiger charge is 2.22. The van der Waals surface area contributed by atoms with Crippen LogP contribution in [0, 0.1) is 0 Å². The lowest BCUT2D eigenvalue weighted by molar-refractivity contribution is 0.0696. The number of benzene rings is 1. The molecule has 1 aromatic heterocycles. The first kappa shape index (κ1) is 14.2. The summed E-state index contributed by atoms with van der Waals surface area (Å²) < 4.78 is 0. The molecule has 1 N–H and O–H groups in total. The Hall–Kier alpha value is -1.72. The molecule has 1 atom stereocenters. The molecule has 21 heavy (non-hydrogen) atoms. The largest absolute Gasteiger partial charge is 0.478 e. The Bertz CT molecular complexity index is 612. The minimum Gasteiger partial charge on any atom is -0.478 e. The molecule has 5 heteroatoms. The van der Waals surface area contributed by atoms with Crippen LogP contribution in [0.1, 0.15) is 40.4 Å². The van der Waals surface area contributed by atoms with Gasteiger partial charge in [0.15, 0.2) is 0 Å². The Morgan fingerprint density at radius 2 is 2.38 bits per heavy atom. The molecule has 2 aromatic rings. The van der Waals surface area contributed by atoms with E-state index in [2.05, 4.69) is 15.3 Å². The predicted molar refractivity (Wildman–Crippen MR) is 82.8 cm³/mol. The third-order valence-electron chi connectivity index (χ3n) is 3.98. The molecule has 2 heterocycles. The molecule has 3 rings (SSSR count). The number of carbonyl (C=O) groups is 1. The number of hydrogen-bond acceptors (Lipinski definition) is 4. The lowest BCUT2D eigenvalue weighted by atomic mass is 9.89. The van der Waals surface area contributed by atoms with Gasteiger partial charge in [0.2, 0.25) is 0 Å². The van der Waals surface area contributed by atoms with Gasteiger partial charge in [-0.25, -0.2) is 9.78 Å². The van der Waals surface area contributed by atoms with Gasteiger partial charge >= 0.3 is 5.97 Å². The van der Waals surface area contributed by atoms with E-state index in [1.54, 1.807) is 17.4 Å². The van der Waals surface area contributed by atoms with Gasteiger partial charge in [-0.3, -0.25) is 4.90 Å². The average molecular weight is 302 g/mol. The van der Waals surface area contributed by atoms with Crippen LogP contribution < -0.4 is 0 Å². The van der Waals surface area contributed by atoms with Crippen molar-refractivity contribution < 1.29 is 9.90 Å². The SMILES string of the molecule is O=C(O)c1cccc([C@@H]2CCCN(Cc3cscn3)C2)c1. The molecule has 0 amide bonds. The van der Waals surface area contributed by atoms with Crippen molar-refractivity contribution in [3.63, 3.8) is 0 Å². The second-order valence-electron chi connectivity index (χ2n) is 5.48. The summed E-state index contributed by atoms with van der Waals surface area (Å²) in [5, 5.41) is 11.2. The van der Waals surface area contributed by atoms with Crippen molar-refractivity contribution in [2.45, 2.75) is 25.3 Å². The van der Waals surface area contributed by atoms with Gasteiger partial charge in [-0.05, 0) is 43.0 Å². The molecule has 0 unspecified atom stereocenters. The molecule has 4 nitrogen and oxygen atoms in total. The van der Waals surface area contributed by atoms with E-state index in [-0.39, 0.29) is 0 Å². The van der Waals surface area contributed by atoms with Gasteiger partial charge in [0.05, 0.1) is 16.8 Å². The smallest absolute Gasteiger partial charge is 0.335 e. The Balaban J connectivity index is 1.70. The molecular weight excluding hydrogens is 284 g/mol. The van der Waals surface area contributed by atoms with Crippen LogP contribution in [0.15, 0.2) is 35.2 Å². The molecule has 1 aliphatic heterocycles. The van der Waals surface area contributed by atoms with Gasteiger partial charge in [0, 0.05) is 18.5 Å². The van der Waals surface area contributed by atoms with Crippen molar-refractivity contribution in [1.29, 1.82) is 0 Å². The molecular formula is C16H18N2O2S. The Morgan fingerprint density at radius 3 is 3.14 bits per heavy atom. The number of carboxylic acid groups (broad SMARTS) is 1. The number of thiazole rings is 1. The summed E-state index contributed by atoms with van der Waals surface area (Å²) >= 11 is 1.63. The van der Waals surface area contributed by atoms with Crippen molar-refractivity contribution in [2.24, 2.45) is 0 Å². The van der Waals surface area contributed by atoms with E-state index in [9.17, 15) is 4.79 Å². The van der Waals surface area contributed by atoms with Crippen molar-refractivity contribution in [3.05, 3.63) is 52.0 Å². The third-order valence-corrected chi connectivity index (χ3v) is 4.61. The number of aromatic nitrogens is 1. The van der Waals surface area contributed by atoms with E-state index in [4.69, 9.17) is 5.11 Å². The summed E-state index contributed by atoms with van der Waals surface area (Å²) in [6.45, 7) is 2.95. The number of likely N-dealkylation sites (tertiary alicyclic amines) is 1. The number of carboxylic acids is 1. The van der Waals surface area contributed by atoms with Crippen LogP contribution in [0.25, 0.3) is 0 Å². The average Bonchev–Trinajstić information content (AvgIpc) is 3.00. The van der Waals surface area contributed by atoms with E-state index >= 15 is 0 Å². The molecule has 0 saturated carbocycles. The zero-order valence-corrected chi connectivity index (χ0v) is 12.6. The van der Waals surface area contributed by atoms with Gasteiger partial charge in [-0.2, -0.15) is 0 Å². The van der Waals surface area contributed by atoms with Gasteiger partial charge in [-0.1, -0.05) is 12.1 Å². The number of rotatable bonds is 4. The van der Waals surface area contributed by atoms with Gasteiger partial charge < -0.3 is 5.11 Å². The standard InChI is InChI=1S/C16H18N2O2S/c19-16(20)13-4-1-3-12(7-13)14-5-2-6-18(8-14)9-15-10-21-11-17-15/h1,3-4,7,10-11,14H,2,5-6,8-9H2,(H,19,20)/t14-/m1/s1. The fourth-order valence-corrected chi connectivity index (χ4v) is 3.49. The molecule has 110 valence electrons. The highest BCUT2D eigenvalue weighted by molar-refractivity contribution is 7.07. The Morgan fingerprint density at radius 1 is 1.48 bits per heavy atom. The lowest BCUT2D eigenvalue weighted by Gasteiger charge is -2.32. The zero-order chi connectivity index (χ0) is 14.7. The molecule has 0 radical (unpaired) electrons. The van der Waals surface area contributed by atoms with Crippen LogP contribution in [0.5, 0.6) is 0 Å². The summed E-state index contributed by atoms with van der Waals surface area (Å²) in [4.78, 5) is 17.9. The predicted octanol–water partition coefficient (Wildman–Crippen LogP) is 3.22. The summed E-state index contributed by atoms with van der Waals surface area (Å²) in [5.41, 5.74) is 4.51. The number of hydrogen-bond donors (Lipinski definition) is 1. The first-order valence-corrected chi connectivity index (χ1v) is 8.09. The topological polar surface area (TPSA) is 53.4 Å². The fourth-order valence-electron chi connectivity index (χ4n) is 2.94. The maximum absolute atomic E-state index is 11.1. The van der Waals surface area contributed by atoms with Crippen LogP contribution in [-0.2, 0) is 6.54 Å². The van der Waals surface area contributed by atoms with E-state index in [0.29, 0.717) is 11.5 Å². The van der Waals surface area contributed by atoms with E-state index in [1.807, 2.05) is 23.7 Å². The second-order valence-corrected chi connectivity index (χ2v) is 6.20. The Kier molecular flexibility index (Phi) is 4.31. The third kappa shape index (κ3) is 3.49. The van der Waals surface area contributed by atoms with Crippen LogP contribution >= 0.6 is 11.3 Å². The normalized spacial score (nSPS) is 19.5. The highest BCUT2D eigenvalue weighted by atomic mass is 32.1. The molecule has 0 aliphatic carbocycles. The first-order valence-electron chi connectivity index (χ1n) is 7.15. The monoisotopic (exact) mass is 302 g/mol. The van der Waals surface area contributed by atoms with Crippen molar-refractivity contribution >= 4 is 17.3 Å². The van der Waals surface area contributed by atoms with Gasteiger partial charge in [0.1, 0.15) is 0 Å². The summed E-state index contributed by atoms with van der Waals surface area (Å²) in [7, 11) is 0. The Labute approximate surface area is 128 Å². The number of piperidine rings is 1. The summed E-state index contributed by atoms with van der Waals surface area (Å²) in [6, 6.07) is 7.36. The fraction of sp³-hybridized carbons (Fsp3) is 0.375. The van der Waals surface area contributed by atoms with Crippen molar-refractivity contribution in [1.82, 2.24) is 9.88 Å². The molecule has 0 spiro atoms. The quantitative estimate of drug-likeness (QED) is 0.942. The first-order chi connectivity index (χ1) is 10.2. The minimum atomic E-state index is -0.855. The maximum atomic E-state index is 11.1. The van der Waals surface area contributed by atoms with Gasteiger partial charge in [-0.15, -0.1) is 11.3 Å². The van der Waals surface area contributed by atoms with Crippen LogP contribution in [0.2, 0.25) is 0 Å². The van der Waals surface area contributed by atoms with Crippen molar-refractivity contribution in [3.8, 4) is 0 Å². The second kappa shape index (κ2) is 6.37. The zero-order valence-electron chi connectivity index (χ0n) is 11.7. The van der Waals surface area contributed by atoms with Gasteiger partial charge in [0.25, 0.3) is 0 Å².